The number of para-hydroxylation sites is 1. The van der Waals surface area contributed by atoms with Crippen molar-refractivity contribution in [3.8, 4) is 5.69 Å². The maximum Gasteiger partial charge on any atom is 0.232 e. The Hall–Kier alpha value is -2.51. The summed E-state index contributed by atoms with van der Waals surface area (Å²) in [5, 5.41) is 9.79. The van der Waals surface area contributed by atoms with Crippen molar-refractivity contribution in [2.75, 3.05) is 11.9 Å². The molecule has 25 heavy (non-hydrogen) atoms. The highest BCUT2D eigenvalue weighted by Crippen LogP contribution is 2.36. The number of carbonyl (C=O) groups is 1. The van der Waals surface area contributed by atoms with Gasteiger partial charge in [-0.1, -0.05) is 18.2 Å². The maximum atomic E-state index is 12.7. The molecule has 4 rings (SSSR count). The summed E-state index contributed by atoms with van der Waals surface area (Å²) in [5.74, 6) is -0.321. The average Bonchev–Trinajstić information content (AvgIpc) is 3.36. The van der Waals surface area contributed by atoms with E-state index in [-0.39, 0.29) is 17.9 Å². The molecule has 0 bridgehead atoms. The molecule has 0 aliphatic carbocycles. The Kier molecular flexibility index (Phi) is 4.33. The summed E-state index contributed by atoms with van der Waals surface area (Å²) in [7, 11) is 0. The van der Waals surface area contributed by atoms with Crippen molar-refractivity contribution in [2.45, 2.75) is 19.4 Å². The highest BCUT2D eigenvalue weighted by atomic mass is 32.1. The SMILES string of the molecule is Cc1ccccc1-n1nccc1[C@H]1OCC[C@@H]1C(=O)Nc1nccs1. The van der Waals surface area contributed by atoms with Gasteiger partial charge < -0.3 is 10.1 Å². The van der Waals surface area contributed by atoms with Crippen LogP contribution in [0.5, 0.6) is 0 Å². The molecule has 0 spiro atoms. The van der Waals surface area contributed by atoms with Crippen LogP contribution in [0.4, 0.5) is 5.13 Å². The molecule has 2 aromatic heterocycles. The minimum Gasteiger partial charge on any atom is -0.371 e. The van der Waals surface area contributed by atoms with Gasteiger partial charge in [-0.3, -0.25) is 4.79 Å². The second-order valence-corrected chi connectivity index (χ2v) is 6.86. The molecule has 1 aliphatic rings. The van der Waals surface area contributed by atoms with E-state index >= 15 is 0 Å². The molecule has 0 saturated carbocycles. The van der Waals surface area contributed by atoms with Gasteiger partial charge in [0, 0.05) is 24.4 Å². The number of amides is 1. The minimum absolute atomic E-state index is 0.0602. The van der Waals surface area contributed by atoms with Gasteiger partial charge in [-0.2, -0.15) is 5.10 Å². The van der Waals surface area contributed by atoms with Gasteiger partial charge in [0.1, 0.15) is 6.10 Å². The number of nitrogens with zero attached hydrogens (tertiary/aromatic N) is 3. The minimum atomic E-state index is -0.318. The van der Waals surface area contributed by atoms with Crippen molar-refractivity contribution in [2.24, 2.45) is 5.92 Å². The molecule has 3 heterocycles. The number of aromatic nitrogens is 3. The van der Waals surface area contributed by atoms with E-state index in [2.05, 4.69) is 15.4 Å². The molecule has 3 aromatic rings. The van der Waals surface area contributed by atoms with Gasteiger partial charge in [0.2, 0.25) is 5.91 Å². The van der Waals surface area contributed by atoms with E-state index in [0.29, 0.717) is 18.2 Å². The highest BCUT2D eigenvalue weighted by molar-refractivity contribution is 7.13. The summed E-state index contributed by atoms with van der Waals surface area (Å²) in [6.45, 7) is 2.60. The zero-order chi connectivity index (χ0) is 17.2. The number of benzene rings is 1. The van der Waals surface area contributed by atoms with E-state index in [1.165, 1.54) is 11.3 Å². The largest absolute Gasteiger partial charge is 0.371 e. The molecule has 1 N–H and O–H groups in total. The molecule has 128 valence electrons. The predicted molar refractivity (Wildman–Crippen MR) is 95.8 cm³/mol. The van der Waals surface area contributed by atoms with Gasteiger partial charge in [0.25, 0.3) is 0 Å². The highest BCUT2D eigenvalue weighted by Gasteiger charge is 2.37. The Morgan fingerprint density at radius 3 is 3.00 bits per heavy atom. The number of carbonyl (C=O) groups excluding carboxylic acids is 1. The van der Waals surface area contributed by atoms with Crippen LogP contribution < -0.4 is 5.32 Å². The van der Waals surface area contributed by atoms with Gasteiger partial charge in [-0.05, 0) is 31.0 Å². The fourth-order valence-corrected chi connectivity index (χ4v) is 3.70. The summed E-state index contributed by atoms with van der Waals surface area (Å²) in [5.41, 5.74) is 3.01. The molecule has 7 heteroatoms. The molecule has 6 nitrogen and oxygen atoms in total. The van der Waals surface area contributed by atoms with Crippen LogP contribution in [0, 0.1) is 12.8 Å². The number of nitrogens with one attached hydrogen (secondary N) is 1. The van der Waals surface area contributed by atoms with Crippen LogP contribution in [-0.2, 0) is 9.53 Å². The van der Waals surface area contributed by atoms with Crippen LogP contribution in [0.1, 0.15) is 23.8 Å². The second kappa shape index (κ2) is 6.78. The zero-order valence-electron chi connectivity index (χ0n) is 13.8. The lowest BCUT2D eigenvalue weighted by Gasteiger charge is -2.19. The van der Waals surface area contributed by atoms with Crippen molar-refractivity contribution in [3.63, 3.8) is 0 Å². The van der Waals surface area contributed by atoms with Gasteiger partial charge in [-0.25, -0.2) is 9.67 Å². The lowest BCUT2D eigenvalue weighted by molar-refractivity contribution is -0.121. The number of aryl methyl sites for hydroxylation is 1. The summed E-state index contributed by atoms with van der Waals surface area (Å²) in [6, 6.07) is 9.97. The first-order valence-electron chi connectivity index (χ1n) is 8.16. The van der Waals surface area contributed by atoms with E-state index in [4.69, 9.17) is 4.74 Å². The Balaban J connectivity index is 1.62. The lowest BCUT2D eigenvalue weighted by Crippen LogP contribution is -2.26. The standard InChI is InChI=1S/C18H18N4O2S/c1-12-4-2-3-5-14(12)22-15(6-8-20-22)16-13(7-10-24-16)17(23)21-18-19-9-11-25-18/h2-6,8-9,11,13,16H,7,10H2,1H3,(H,19,21,23)/t13-,16-/m0/s1. The summed E-state index contributed by atoms with van der Waals surface area (Å²) >= 11 is 1.41. The first kappa shape index (κ1) is 16.0. The molecular weight excluding hydrogens is 336 g/mol. The normalized spacial score (nSPS) is 19.9. The van der Waals surface area contributed by atoms with E-state index in [0.717, 1.165) is 16.9 Å². The van der Waals surface area contributed by atoms with E-state index in [1.54, 1.807) is 12.4 Å². The Morgan fingerprint density at radius 1 is 1.32 bits per heavy atom. The summed E-state index contributed by atoms with van der Waals surface area (Å²) in [6.07, 6.45) is 3.79. The van der Waals surface area contributed by atoms with Gasteiger partial charge in [-0.15, -0.1) is 11.3 Å². The van der Waals surface area contributed by atoms with Crippen molar-refractivity contribution < 1.29 is 9.53 Å². The molecule has 1 amide bonds. The quantitative estimate of drug-likeness (QED) is 0.780. The number of hydrogen-bond acceptors (Lipinski definition) is 5. The van der Waals surface area contributed by atoms with E-state index < -0.39 is 0 Å². The van der Waals surface area contributed by atoms with E-state index in [1.807, 2.05) is 47.3 Å². The Labute approximate surface area is 149 Å². The molecule has 0 radical (unpaired) electrons. The van der Waals surface area contributed by atoms with Gasteiger partial charge in [0.15, 0.2) is 5.13 Å². The Morgan fingerprint density at radius 2 is 2.20 bits per heavy atom. The predicted octanol–water partition coefficient (Wildman–Crippen LogP) is 3.35. The third kappa shape index (κ3) is 3.08. The molecule has 1 aliphatic heterocycles. The van der Waals surface area contributed by atoms with Crippen LogP contribution >= 0.6 is 11.3 Å². The molecule has 1 aromatic carbocycles. The van der Waals surface area contributed by atoms with Gasteiger partial charge in [0.05, 0.1) is 17.3 Å². The fraction of sp³-hybridized carbons (Fsp3) is 0.278. The third-order valence-corrected chi connectivity index (χ3v) is 5.09. The molecular formula is C18H18N4O2S. The van der Waals surface area contributed by atoms with Gasteiger partial charge >= 0.3 is 0 Å². The molecule has 1 saturated heterocycles. The zero-order valence-corrected chi connectivity index (χ0v) is 14.6. The second-order valence-electron chi connectivity index (χ2n) is 5.97. The van der Waals surface area contributed by atoms with Crippen LogP contribution in [0.2, 0.25) is 0 Å². The third-order valence-electron chi connectivity index (χ3n) is 4.40. The number of rotatable bonds is 4. The number of hydrogen-bond donors (Lipinski definition) is 1. The van der Waals surface area contributed by atoms with Crippen molar-refractivity contribution in [1.29, 1.82) is 0 Å². The van der Waals surface area contributed by atoms with Crippen molar-refractivity contribution >= 4 is 22.4 Å². The topological polar surface area (TPSA) is 69.0 Å². The van der Waals surface area contributed by atoms with Crippen LogP contribution in [0.3, 0.4) is 0 Å². The smallest absolute Gasteiger partial charge is 0.232 e. The fourth-order valence-electron chi connectivity index (χ4n) is 3.16. The number of thiazole rings is 1. The van der Waals surface area contributed by atoms with E-state index in [9.17, 15) is 4.79 Å². The van der Waals surface area contributed by atoms with Crippen LogP contribution in [0.15, 0.2) is 48.1 Å². The molecule has 2 atom stereocenters. The van der Waals surface area contributed by atoms with Crippen molar-refractivity contribution in [1.82, 2.24) is 14.8 Å². The molecule has 1 fully saturated rings. The first-order valence-corrected chi connectivity index (χ1v) is 9.04. The lowest BCUT2D eigenvalue weighted by atomic mass is 9.98. The average molecular weight is 354 g/mol. The monoisotopic (exact) mass is 354 g/mol. The first-order chi connectivity index (χ1) is 12.2. The van der Waals surface area contributed by atoms with Crippen LogP contribution in [0.25, 0.3) is 5.69 Å². The number of anilines is 1. The number of ether oxygens (including phenoxy) is 1. The maximum absolute atomic E-state index is 12.7. The summed E-state index contributed by atoms with van der Waals surface area (Å²) < 4.78 is 7.78. The molecule has 0 unspecified atom stereocenters. The summed E-state index contributed by atoms with van der Waals surface area (Å²) in [4.78, 5) is 16.8. The Bertz CT molecular complexity index is 875. The van der Waals surface area contributed by atoms with Crippen molar-refractivity contribution in [3.05, 3.63) is 59.4 Å². The van der Waals surface area contributed by atoms with Crippen LogP contribution in [-0.4, -0.2) is 27.3 Å².